The lowest BCUT2D eigenvalue weighted by Gasteiger charge is -2.12. The molecule has 0 N–H and O–H groups in total. The molecule has 0 aliphatic rings. The molecule has 1 amide bonds. The maximum absolute atomic E-state index is 12.0. The predicted molar refractivity (Wildman–Crippen MR) is 109 cm³/mol. The summed E-state index contributed by atoms with van der Waals surface area (Å²) in [7, 11) is 4.77. The van der Waals surface area contributed by atoms with Crippen molar-refractivity contribution < 1.29 is 14.3 Å². The molecule has 5 nitrogen and oxygen atoms in total. The van der Waals surface area contributed by atoms with E-state index in [9.17, 15) is 10.1 Å². The van der Waals surface area contributed by atoms with Crippen LogP contribution in [0.3, 0.4) is 0 Å². The van der Waals surface area contributed by atoms with E-state index in [1.165, 1.54) is 14.5 Å². The summed E-state index contributed by atoms with van der Waals surface area (Å²) >= 11 is 2.26. The fourth-order valence-electron chi connectivity index (χ4n) is 2.18. The maximum atomic E-state index is 12.0. The van der Waals surface area contributed by atoms with Gasteiger partial charge in [0.25, 0.3) is 5.91 Å². The lowest BCUT2D eigenvalue weighted by Crippen LogP contribution is -2.22. The van der Waals surface area contributed by atoms with Gasteiger partial charge in [-0.1, -0.05) is 18.2 Å². The van der Waals surface area contributed by atoms with Gasteiger partial charge in [0, 0.05) is 17.7 Å². The second-order valence-electron chi connectivity index (χ2n) is 5.69. The van der Waals surface area contributed by atoms with Crippen molar-refractivity contribution in [3.8, 4) is 17.6 Å². The Balaban J connectivity index is 2.20. The summed E-state index contributed by atoms with van der Waals surface area (Å²) in [5.74, 6) is 0.796. The zero-order chi connectivity index (χ0) is 19.1. The number of hydrogen-bond donors (Lipinski definition) is 0. The number of amides is 1. The van der Waals surface area contributed by atoms with E-state index in [4.69, 9.17) is 9.47 Å². The Kier molecular flexibility index (Phi) is 7.04. The highest BCUT2D eigenvalue weighted by atomic mass is 127. The third kappa shape index (κ3) is 5.23. The van der Waals surface area contributed by atoms with Crippen LogP contribution in [0.4, 0.5) is 0 Å². The molecular weight excluding hydrogens is 443 g/mol. The summed E-state index contributed by atoms with van der Waals surface area (Å²) in [5, 5.41) is 9.20. The zero-order valence-corrected chi connectivity index (χ0v) is 17.0. The number of carbonyl (C=O) groups is 1. The molecule has 0 bridgehead atoms. The van der Waals surface area contributed by atoms with Gasteiger partial charge in [-0.3, -0.25) is 4.79 Å². The van der Waals surface area contributed by atoms with Crippen LogP contribution in [-0.4, -0.2) is 32.0 Å². The number of benzene rings is 2. The molecule has 134 valence electrons. The van der Waals surface area contributed by atoms with Gasteiger partial charge < -0.3 is 14.4 Å². The average molecular weight is 462 g/mol. The van der Waals surface area contributed by atoms with Gasteiger partial charge >= 0.3 is 0 Å². The van der Waals surface area contributed by atoms with Crippen LogP contribution in [0.25, 0.3) is 6.08 Å². The fraction of sp³-hybridized carbons (Fsp3) is 0.200. The molecule has 0 saturated carbocycles. The summed E-state index contributed by atoms with van der Waals surface area (Å²) < 4.78 is 12.4. The number of hydrogen-bond acceptors (Lipinski definition) is 4. The molecule has 2 aromatic carbocycles. The van der Waals surface area contributed by atoms with Gasteiger partial charge in [-0.2, -0.15) is 5.26 Å². The number of nitriles is 1. The van der Waals surface area contributed by atoms with E-state index in [0.29, 0.717) is 23.7 Å². The summed E-state index contributed by atoms with van der Waals surface area (Å²) in [5.41, 5.74) is 1.81. The van der Waals surface area contributed by atoms with Crippen molar-refractivity contribution in [2.75, 3.05) is 21.2 Å². The Morgan fingerprint density at radius 3 is 2.46 bits per heavy atom. The highest BCUT2D eigenvalue weighted by Crippen LogP contribution is 2.29. The van der Waals surface area contributed by atoms with Crippen molar-refractivity contribution in [2.24, 2.45) is 0 Å². The van der Waals surface area contributed by atoms with Gasteiger partial charge in [-0.25, -0.2) is 0 Å². The van der Waals surface area contributed by atoms with Gasteiger partial charge in [-0.05, 0) is 64.1 Å². The molecule has 0 spiro atoms. The summed E-state index contributed by atoms with van der Waals surface area (Å²) in [6, 6.07) is 15.3. The minimum atomic E-state index is -0.342. The van der Waals surface area contributed by atoms with Crippen LogP contribution in [0.15, 0.2) is 48.0 Å². The summed E-state index contributed by atoms with van der Waals surface area (Å²) in [6.07, 6.45) is 1.54. The molecule has 0 aliphatic carbocycles. The molecule has 0 unspecified atom stereocenters. The molecule has 0 aromatic heterocycles. The van der Waals surface area contributed by atoms with E-state index in [1.54, 1.807) is 39.4 Å². The second-order valence-corrected chi connectivity index (χ2v) is 6.94. The minimum absolute atomic E-state index is 0.0598. The molecule has 0 saturated heterocycles. The van der Waals surface area contributed by atoms with Crippen molar-refractivity contribution in [1.29, 1.82) is 5.26 Å². The van der Waals surface area contributed by atoms with Crippen molar-refractivity contribution in [1.82, 2.24) is 4.90 Å². The van der Waals surface area contributed by atoms with Crippen molar-refractivity contribution >= 4 is 34.6 Å². The molecule has 0 atom stereocenters. The average Bonchev–Trinajstić information content (AvgIpc) is 2.65. The van der Waals surface area contributed by atoms with E-state index in [0.717, 1.165) is 5.56 Å². The summed E-state index contributed by atoms with van der Waals surface area (Å²) in [4.78, 5) is 13.3. The zero-order valence-electron chi connectivity index (χ0n) is 14.8. The van der Waals surface area contributed by atoms with Crippen LogP contribution >= 0.6 is 22.6 Å². The first-order chi connectivity index (χ1) is 12.4. The number of carbonyl (C=O) groups excluding carboxylic acids is 1. The Bertz CT molecular complexity index is 852. The summed E-state index contributed by atoms with van der Waals surface area (Å²) in [6.45, 7) is 0.422. The Labute approximate surface area is 167 Å². The Morgan fingerprint density at radius 1 is 1.19 bits per heavy atom. The Hall–Kier alpha value is -2.53. The second kappa shape index (κ2) is 9.25. The van der Waals surface area contributed by atoms with Gasteiger partial charge in [0.05, 0.1) is 7.11 Å². The van der Waals surface area contributed by atoms with Gasteiger partial charge in [0.15, 0.2) is 11.5 Å². The van der Waals surface area contributed by atoms with Gasteiger partial charge in [0.2, 0.25) is 0 Å². The molecule has 0 fully saturated rings. The van der Waals surface area contributed by atoms with E-state index >= 15 is 0 Å². The van der Waals surface area contributed by atoms with Crippen molar-refractivity contribution in [3.63, 3.8) is 0 Å². The van der Waals surface area contributed by atoms with Crippen LogP contribution < -0.4 is 9.47 Å². The molecule has 26 heavy (non-hydrogen) atoms. The molecule has 0 radical (unpaired) electrons. The molecular formula is C20H19IN2O3. The van der Waals surface area contributed by atoms with Gasteiger partial charge in [-0.15, -0.1) is 0 Å². The fourth-order valence-corrected chi connectivity index (χ4v) is 2.54. The van der Waals surface area contributed by atoms with Crippen LogP contribution in [-0.2, 0) is 11.4 Å². The minimum Gasteiger partial charge on any atom is -0.493 e. The Morgan fingerprint density at radius 2 is 1.88 bits per heavy atom. The van der Waals surface area contributed by atoms with Crippen LogP contribution in [0.5, 0.6) is 11.5 Å². The number of nitrogens with zero attached hydrogens (tertiary/aromatic N) is 2. The van der Waals surface area contributed by atoms with Crippen LogP contribution in [0.2, 0.25) is 0 Å². The topological polar surface area (TPSA) is 62.6 Å². The number of halogens is 1. The third-order valence-corrected chi connectivity index (χ3v) is 4.28. The van der Waals surface area contributed by atoms with Crippen molar-refractivity contribution in [3.05, 3.63) is 62.7 Å². The number of likely N-dealkylation sites (N-methyl/N-ethyl adjacent to an activating group) is 1. The number of rotatable bonds is 6. The van der Waals surface area contributed by atoms with E-state index < -0.39 is 0 Å². The molecule has 0 heterocycles. The third-order valence-electron chi connectivity index (χ3n) is 3.56. The van der Waals surface area contributed by atoms with Gasteiger partial charge in [0.1, 0.15) is 18.2 Å². The first kappa shape index (κ1) is 19.8. The van der Waals surface area contributed by atoms with E-state index in [2.05, 4.69) is 22.6 Å². The first-order valence-electron chi connectivity index (χ1n) is 7.83. The first-order valence-corrected chi connectivity index (χ1v) is 8.91. The highest BCUT2D eigenvalue weighted by molar-refractivity contribution is 14.1. The lowest BCUT2D eigenvalue weighted by molar-refractivity contribution is -0.124. The monoisotopic (exact) mass is 462 g/mol. The number of methoxy groups -OCH3 is 1. The molecule has 0 aliphatic heterocycles. The quantitative estimate of drug-likeness (QED) is 0.372. The SMILES string of the molecule is COc1cc(/C=C(/C#N)C(=O)N(C)C)ccc1OCc1ccc(I)cc1. The van der Waals surface area contributed by atoms with E-state index in [-0.39, 0.29) is 11.5 Å². The standard InChI is InChI=1S/C20H19IN2O3/c1-23(2)20(24)16(12-22)10-15-6-9-18(19(11-15)25-3)26-13-14-4-7-17(21)8-5-14/h4-11H,13H2,1-3H3/b16-10-. The van der Waals surface area contributed by atoms with Crippen molar-refractivity contribution in [2.45, 2.75) is 6.61 Å². The smallest absolute Gasteiger partial charge is 0.264 e. The molecule has 6 heteroatoms. The van der Waals surface area contributed by atoms with Crippen LogP contribution in [0.1, 0.15) is 11.1 Å². The predicted octanol–water partition coefficient (Wildman–Crippen LogP) is 3.87. The highest BCUT2D eigenvalue weighted by Gasteiger charge is 2.12. The molecule has 2 aromatic rings. The molecule has 2 rings (SSSR count). The number of ether oxygens (including phenoxy) is 2. The lowest BCUT2D eigenvalue weighted by atomic mass is 10.1. The van der Waals surface area contributed by atoms with E-state index in [1.807, 2.05) is 30.3 Å². The normalized spacial score (nSPS) is 10.8. The maximum Gasteiger partial charge on any atom is 0.264 e. The van der Waals surface area contributed by atoms with Crippen LogP contribution in [0, 0.1) is 14.9 Å². The largest absolute Gasteiger partial charge is 0.493 e.